The highest BCUT2D eigenvalue weighted by molar-refractivity contribution is 5.78. The number of rotatable bonds is 2. The molecule has 0 radical (unpaired) electrons. The van der Waals surface area contributed by atoms with Crippen molar-refractivity contribution in [2.45, 2.75) is 12.8 Å². The molecule has 0 spiro atoms. The van der Waals surface area contributed by atoms with E-state index in [1.54, 1.807) is 6.07 Å². The Hall–Kier alpha value is -1.82. The summed E-state index contributed by atoms with van der Waals surface area (Å²) < 4.78 is 0. The first-order valence-electron chi connectivity index (χ1n) is 5.09. The van der Waals surface area contributed by atoms with Crippen molar-refractivity contribution in [3.63, 3.8) is 0 Å². The summed E-state index contributed by atoms with van der Waals surface area (Å²) in [4.78, 5) is 12.9. The van der Waals surface area contributed by atoms with E-state index in [-0.39, 0.29) is 0 Å². The normalized spacial score (nSPS) is 15.0. The summed E-state index contributed by atoms with van der Waals surface area (Å²) >= 11 is 0. The number of carbonyl (C=O) groups is 1. The highest BCUT2D eigenvalue weighted by Crippen LogP contribution is 2.22. The predicted octanol–water partition coefficient (Wildman–Crippen LogP) is 1.97. The second kappa shape index (κ2) is 4.14. The van der Waals surface area contributed by atoms with Gasteiger partial charge in [0, 0.05) is 24.3 Å². The van der Waals surface area contributed by atoms with E-state index in [0.717, 1.165) is 25.1 Å². The molecule has 2 rings (SSSR count). The van der Waals surface area contributed by atoms with Gasteiger partial charge in [0.15, 0.2) is 0 Å². The molecule has 3 nitrogen and oxygen atoms in total. The minimum Gasteiger partial charge on any atom is -0.371 e. The van der Waals surface area contributed by atoms with E-state index in [0.29, 0.717) is 11.1 Å². The van der Waals surface area contributed by atoms with Gasteiger partial charge < -0.3 is 4.90 Å². The molecule has 1 heterocycles. The van der Waals surface area contributed by atoms with Gasteiger partial charge in [0.25, 0.3) is 0 Å². The number of carbonyl (C=O) groups excluding carboxylic acids is 1. The second-order valence-electron chi connectivity index (χ2n) is 3.74. The van der Waals surface area contributed by atoms with Gasteiger partial charge in [-0.2, -0.15) is 5.26 Å². The zero-order valence-electron chi connectivity index (χ0n) is 8.44. The molecule has 0 aromatic heterocycles. The first-order valence-corrected chi connectivity index (χ1v) is 5.09. The van der Waals surface area contributed by atoms with Crippen LogP contribution in [0.3, 0.4) is 0 Å². The lowest BCUT2D eigenvalue weighted by atomic mass is 10.1. The Labute approximate surface area is 88.9 Å². The molecule has 0 amide bonds. The van der Waals surface area contributed by atoms with Crippen LogP contribution in [0.25, 0.3) is 0 Å². The largest absolute Gasteiger partial charge is 0.371 e. The fourth-order valence-electron chi connectivity index (χ4n) is 1.93. The Morgan fingerprint density at radius 3 is 2.60 bits per heavy atom. The smallest absolute Gasteiger partial charge is 0.150 e. The Morgan fingerprint density at radius 1 is 1.27 bits per heavy atom. The SMILES string of the molecule is N#Cc1cc(C=O)cc(N2CCCC2)c1. The molecular formula is C12H12N2O. The van der Waals surface area contributed by atoms with Gasteiger partial charge in [-0.25, -0.2) is 0 Å². The third-order valence-electron chi connectivity index (χ3n) is 2.68. The van der Waals surface area contributed by atoms with Crippen LogP contribution in [0.4, 0.5) is 5.69 Å². The van der Waals surface area contributed by atoms with E-state index < -0.39 is 0 Å². The molecule has 3 heteroatoms. The number of aldehydes is 1. The Morgan fingerprint density at radius 2 is 2.00 bits per heavy atom. The monoisotopic (exact) mass is 200 g/mol. The van der Waals surface area contributed by atoms with Crippen molar-refractivity contribution >= 4 is 12.0 Å². The van der Waals surface area contributed by atoms with Crippen LogP contribution in [0.5, 0.6) is 0 Å². The molecule has 1 fully saturated rings. The maximum absolute atomic E-state index is 10.7. The fraction of sp³-hybridized carbons (Fsp3) is 0.333. The first kappa shape index (κ1) is 9.72. The fourth-order valence-corrected chi connectivity index (χ4v) is 1.93. The molecule has 0 saturated carbocycles. The molecule has 0 atom stereocenters. The number of nitriles is 1. The maximum atomic E-state index is 10.7. The van der Waals surface area contributed by atoms with Crippen molar-refractivity contribution in [1.29, 1.82) is 5.26 Å². The highest BCUT2D eigenvalue weighted by atomic mass is 16.1. The summed E-state index contributed by atoms with van der Waals surface area (Å²) in [7, 11) is 0. The van der Waals surface area contributed by atoms with Crippen LogP contribution in [-0.2, 0) is 0 Å². The summed E-state index contributed by atoms with van der Waals surface area (Å²) in [6.07, 6.45) is 3.17. The van der Waals surface area contributed by atoms with E-state index >= 15 is 0 Å². The molecular weight excluding hydrogens is 188 g/mol. The zero-order chi connectivity index (χ0) is 10.7. The summed E-state index contributed by atoms with van der Waals surface area (Å²) in [6.45, 7) is 2.04. The van der Waals surface area contributed by atoms with E-state index in [1.807, 2.05) is 12.1 Å². The first-order chi connectivity index (χ1) is 7.33. The van der Waals surface area contributed by atoms with Crippen molar-refractivity contribution in [3.8, 4) is 6.07 Å². The van der Waals surface area contributed by atoms with Crippen molar-refractivity contribution in [1.82, 2.24) is 0 Å². The third-order valence-corrected chi connectivity index (χ3v) is 2.68. The maximum Gasteiger partial charge on any atom is 0.150 e. The van der Waals surface area contributed by atoms with Gasteiger partial charge in [-0.1, -0.05) is 0 Å². The topological polar surface area (TPSA) is 44.1 Å². The van der Waals surface area contributed by atoms with Gasteiger partial charge in [-0.3, -0.25) is 4.79 Å². The minimum absolute atomic E-state index is 0.557. The van der Waals surface area contributed by atoms with Crippen LogP contribution in [-0.4, -0.2) is 19.4 Å². The summed E-state index contributed by atoms with van der Waals surface area (Å²) in [5, 5.41) is 8.84. The van der Waals surface area contributed by atoms with Crippen LogP contribution >= 0.6 is 0 Å². The van der Waals surface area contributed by atoms with Crippen molar-refractivity contribution in [2.24, 2.45) is 0 Å². The van der Waals surface area contributed by atoms with E-state index in [1.165, 1.54) is 12.8 Å². The Bertz CT molecular complexity index is 414. The molecule has 0 unspecified atom stereocenters. The third kappa shape index (κ3) is 1.99. The van der Waals surface area contributed by atoms with Gasteiger partial charge >= 0.3 is 0 Å². The van der Waals surface area contributed by atoms with Crippen LogP contribution in [0.2, 0.25) is 0 Å². The van der Waals surface area contributed by atoms with Crippen LogP contribution in [0.15, 0.2) is 18.2 Å². The van der Waals surface area contributed by atoms with Crippen molar-refractivity contribution in [2.75, 3.05) is 18.0 Å². The van der Waals surface area contributed by atoms with Crippen LogP contribution in [0, 0.1) is 11.3 Å². The van der Waals surface area contributed by atoms with Gasteiger partial charge in [0.1, 0.15) is 6.29 Å². The molecule has 0 aliphatic carbocycles. The molecule has 1 aromatic carbocycles. The average molecular weight is 200 g/mol. The summed E-state index contributed by atoms with van der Waals surface area (Å²) in [5.74, 6) is 0. The van der Waals surface area contributed by atoms with Gasteiger partial charge in [-0.15, -0.1) is 0 Å². The number of anilines is 1. The van der Waals surface area contributed by atoms with Gasteiger partial charge in [0.05, 0.1) is 11.6 Å². The van der Waals surface area contributed by atoms with E-state index in [4.69, 9.17) is 5.26 Å². The molecule has 1 saturated heterocycles. The highest BCUT2D eigenvalue weighted by Gasteiger charge is 2.13. The molecule has 15 heavy (non-hydrogen) atoms. The quantitative estimate of drug-likeness (QED) is 0.685. The number of nitrogens with zero attached hydrogens (tertiary/aromatic N) is 2. The molecule has 1 aliphatic rings. The average Bonchev–Trinajstić information content (AvgIpc) is 2.81. The Balaban J connectivity index is 2.37. The predicted molar refractivity (Wildman–Crippen MR) is 58.0 cm³/mol. The molecule has 1 aromatic rings. The van der Waals surface area contributed by atoms with Crippen LogP contribution < -0.4 is 4.90 Å². The van der Waals surface area contributed by atoms with Gasteiger partial charge in [0.2, 0.25) is 0 Å². The minimum atomic E-state index is 0.557. The lowest BCUT2D eigenvalue weighted by Gasteiger charge is -2.17. The molecule has 0 bridgehead atoms. The standard InChI is InChI=1S/C12H12N2O/c13-8-10-5-11(9-15)7-12(6-10)14-3-1-2-4-14/h5-7,9H,1-4H2. The lowest BCUT2D eigenvalue weighted by molar-refractivity contribution is 0.112. The number of hydrogen-bond acceptors (Lipinski definition) is 3. The second-order valence-corrected chi connectivity index (χ2v) is 3.74. The molecule has 1 aliphatic heterocycles. The van der Waals surface area contributed by atoms with E-state index in [9.17, 15) is 4.79 Å². The Kier molecular flexibility index (Phi) is 2.68. The summed E-state index contributed by atoms with van der Waals surface area (Å²) in [5.41, 5.74) is 2.13. The van der Waals surface area contributed by atoms with Crippen molar-refractivity contribution in [3.05, 3.63) is 29.3 Å². The van der Waals surface area contributed by atoms with E-state index in [2.05, 4.69) is 11.0 Å². The number of hydrogen-bond donors (Lipinski definition) is 0. The summed E-state index contributed by atoms with van der Waals surface area (Å²) in [6, 6.07) is 7.39. The lowest BCUT2D eigenvalue weighted by Crippen LogP contribution is -2.17. The van der Waals surface area contributed by atoms with Gasteiger partial charge in [-0.05, 0) is 31.0 Å². The molecule has 76 valence electrons. The number of benzene rings is 1. The molecule has 0 N–H and O–H groups in total. The van der Waals surface area contributed by atoms with Crippen molar-refractivity contribution < 1.29 is 4.79 Å². The van der Waals surface area contributed by atoms with Crippen LogP contribution in [0.1, 0.15) is 28.8 Å². The zero-order valence-corrected chi connectivity index (χ0v) is 8.44.